The summed E-state index contributed by atoms with van der Waals surface area (Å²) < 4.78 is 11.4. The van der Waals surface area contributed by atoms with Crippen molar-refractivity contribution < 1.29 is 34.1 Å². The van der Waals surface area contributed by atoms with Gasteiger partial charge < -0.3 is 35.2 Å². The number of piperidine rings is 1. The van der Waals surface area contributed by atoms with Crippen LogP contribution in [-0.2, 0) is 24.7 Å². The summed E-state index contributed by atoms with van der Waals surface area (Å²) in [4.78, 5) is 39.6. The van der Waals surface area contributed by atoms with Crippen LogP contribution in [0.1, 0.15) is 60.5 Å². The Hall–Kier alpha value is -2.40. The van der Waals surface area contributed by atoms with Gasteiger partial charge in [0.05, 0.1) is 5.60 Å². The Morgan fingerprint density at radius 1 is 1.16 bits per heavy atom. The largest absolute Gasteiger partial charge is 0.437 e. The van der Waals surface area contributed by atoms with Gasteiger partial charge in [-0.25, -0.2) is 9.59 Å². The molecule has 1 heterocycles. The Balaban J connectivity index is 2.25. The van der Waals surface area contributed by atoms with E-state index in [4.69, 9.17) is 21.1 Å². The topological polar surface area (TPSA) is 137 Å². The summed E-state index contributed by atoms with van der Waals surface area (Å²) in [5.41, 5.74) is -1.86. The van der Waals surface area contributed by atoms with Crippen LogP contribution in [0.25, 0.3) is 0 Å². The van der Waals surface area contributed by atoms with Gasteiger partial charge in [-0.15, -0.1) is 0 Å². The summed E-state index contributed by atoms with van der Waals surface area (Å²) in [7, 11) is 0. The highest BCUT2D eigenvalue weighted by Crippen LogP contribution is 2.49. The molecule has 1 aromatic carbocycles. The number of urea groups is 1. The zero-order valence-corrected chi connectivity index (χ0v) is 24.1. The van der Waals surface area contributed by atoms with Crippen molar-refractivity contribution in [2.75, 3.05) is 26.4 Å². The summed E-state index contributed by atoms with van der Waals surface area (Å²) in [6.07, 6.45) is -0.895. The highest BCUT2D eigenvalue weighted by Gasteiger charge is 2.53. The highest BCUT2D eigenvalue weighted by molar-refractivity contribution is 6.30. The number of benzene rings is 1. The number of hydrogen-bond acceptors (Lipinski definition) is 7. The van der Waals surface area contributed by atoms with Gasteiger partial charge >= 0.3 is 12.0 Å². The van der Waals surface area contributed by atoms with Crippen molar-refractivity contribution >= 4 is 29.5 Å². The molecule has 38 heavy (non-hydrogen) atoms. The Morgan fingerprint density at radius 3 is 2.26 bits per heavy atom. The number of hydrogen-bond donors (Lipinski definition) is 4. The second-order valence-electron chi connectivity index (χ2n) is 11.5. The van der Waals surface area contributed by atoms with Crippen molar-refractivity contribution in [2.24, 2.45) is 11.3 Å². The molecule has 214 valence electrons. The van der Waals surface area contributed by atoms with E-state index in [2.05, 4.69) is 10.6 Å². The van der Waals surface area contributed by atoms with Gasteiger partial charge in [0, 0.05) is 30.1 Å². The summed E-state index contributed by atoms with van der Waals surface area (Å²) in [6.45, 7) is 12.4. The molecule has 0 aromatic heterocycles. The molecule has 0 spiro atoms. The smallest absolute Gasteiger partial charge is 0.336 e. The lowest BCUT2D eigenvalue weighted by Crippen LogP contribution is -2.62. The van der Waals surface area contributed by atoms with E-state index in [1.54, 1.807) is 30.9 Å². The van der Waals surface area contributed by atoms with Crippen LogP contribution in [0.4, 0.5) is 4.79 Å². The van der Waals surface area contributed by atoms with Gasteiger partial charge in [-0.1, -0.05) is 51.4 Å². The lowest BCUT2D eigenvalue weighted by molar-refractivity contribution is -0.221. The second-order valence-corrected chi connectivity index (χ2v) is 11.9. The first kappa shape index (κ1) is 31.8. The van der Waals surface area contributed by atoms with E-state index >= 15 is 0 Å². The molecule has 10 nitrogen and oxygen atoms in total. The molecule has 1 saturated heterocycles. The zero-order chi connectivity index (χ0) is 28.9. The standard InChI is InChI=1S/C27H42ClN3O7/c1-17(2)21(30-24(35)29-14-26(6,7)36)22(33)31-13-12-27(25(4,5)15-31,19-8-10-20(28)11-9-19)38-16-37-23(34)18(3)32/h8-11,17-18,21,32,36H,12-16H2,1-7H3,(H2,29,30,35). The third-order valence-electron chi connectivity index (χ3n) is 6.78. The fourth-order valence-corrected chi connectivity index (χ4v) is 4.74. The average Bonchev–Trinajstić information content (AvgIpc) is 2.81. The quantitative estimate of drug-likeness (QED) is 0.257. The number of carbonyl (C=O) groups excluding carboxylic acids is 3. The molecule has 1 aromatic rings. The summed E-state index contributed by atoms with van der Waals surface area (Å²) in [5, 5.41) is 25.3. The molecule has 1 fully saturated rings. The van der Waals surface area contributed by atoms with Gasteiger partial charge in [0.25, 0.3) is 0 Å². The van der Waals surface area contributed by atoms with Crippen LogP contribution in [0.5, 0.6) is 0 Å². The van der Waals surface area contributed by atoms with Gasteiger partial charge in [0.15, 0.2) is 6.79 Å². The molecule has 3 atom stereocenters. The van der Waals surface area contributed by atoms with Crippen molar-refractivity contribution in [2.45, 2.75) is 78.2 Å². The van der Waals surface area contributed by atoms with Crippen LogP contribution >= 0.6 is 11.6 Å². The molecule has 3 amide bonds. The molecular formula is C27H42ClN3O7. The Labute approximate surface area is 230 Å². The molecule has 0 aliphatic carbocycles. The number of aliphatic hydroxyl groups excluding tert-OH is 1. The van der Waals surface area contributed by atoms with E-state index < -0.39 is 40.8 Å². The first-order chi connectivity index (χ1) is 17.5. The van der Waals surface area contributed by atoms with Crippen LogP contribution in [0.2, 0.25) is 5.02 Å². The molecule has 2 rings (SSSR count). The molecule has 0 radical (unpaired) electrons. The first-order valence-corrected chi connectivity index (χ1v) is 13.2. The van der Waals surface area contributed by atoms with Gasteiger partial charge in [0.1, 0.15) is 17.7 Å². The van der Waals surface area contributed by atoms with Crippen LogP contribution < -0.4 is 10.6 Å². The highest BCUT2D eigenvalue weighted by atomic mass is 35.5. The van der Waals surface area contributed by atoms with Gasteiger partial charge in [-0.3, -0.25) is 4.79 Å². The van der Waals surface area contributed by atoms with Crippen LogP contribution in [-0.4, -0.2) is 77.2 Å². The van der Waals surface area contributed by atoms with E-state index in [1.807, 2.05) is 39.8 Å². The lowest BCUT2D eigenvalue weighted by atomic mass is 9.66. The second kappa shape index (κ2) is 12.6. The number of aliphatic hydroxyl groups is 2. The fourth-order valence-electron chi connectivity index (χ4n) is 4.62. The van der Waals surface area contributed by atoms with E-state index in [9.17, 15) is 24.6 Å². The number of esters is 1. The Kier molecular flexibility index (Phi) is 10.6. The van der Waals surface area contributed by atoms with E-state index in [-0.39, 0.29) is 25.2 Å². The zero-order valence-electron chi connectivity index (χ0n) is 23.3. The SMILES string of the molecule is CC(O)C(=O)OCOC1(c2ccc(Cl)cc2)CCN(C(=O)C(NC(=O)NCC(C)(C)O)C(C)C)CC1(C)C. The molecule has 0 bridgehead atoms. The molecule has 0 saturated carbocycles. The van der Waals surface area contributed by atoms with Crippen molar-refractivity contribution in [3.05, 3.63) is 34.9 Å². The Morgan fingerprint density at radius 2 is 1.76 bits per heavy atom. The van der Waals surface area contributed by atoms with Gasteiger partial charge in [-0.2, -0.15) is 0 Å². The maximum atomic E-state index is 13.6. The number of rotatable bonds is 10. The molecule has 11 heteroatoms. The van der Waals surface area contributed by atoms with Crippen molar-refractivity contribution in [3.63, 3.8) is 0 Å². The number of amides is 3. The monoisotopic (exact) mass is 555 g/mol. The molecule has 4 N–H and O–H groups in total. The lowest BCUT2D eigenvalue weighted by Gasteiger charge is -2.53. The number of nitrogens with one attached hydrogen (secondary N) is 2. The molecule has 1 aliphatic heterocycles. The summed E-state index contributed by atoms with van der Waals surface area (Å²) in [6, 6.07) is 5.90. The summed E-state index contributed by atoms with van der Waals surface area (Å²) in [5.74, 6) is -1.20. The van der Waals surface area contributed by atoms with Crippen LogP contribution in [0.15, 0.2) is 24.3 Å². The maximum Gasteiger partial charge on any atom is 0.336 e. The minimum absolute atomic E-state index is 0.0369. The number of carbonyl (C=O) groups is 3. The molecule has 3 unspecified atom stereocenters. The number of likely N-dealkylation sites (tertiary alicyclic amines) is 1. The minimum atomic E-state index is -1.28. The van der Waals surface area contributed by atoms with Gasteiger partial charge in [0.2, 0.25) is 5.91 Å². The van der Waals surface area contributed by atoms with E-state index in [1.165, 1.54) is 6.92 Å². The summed E-state index contributed by atoms with van der Waals surface area (Å²) >= 11 is 6.12. The van der Waals surface area contributed by atoms with Crippen LogP contribution in [0.3, 0.4) is 0 Å². The van der Waals surface area contributed by atoms with Crippen molar-refractivity contribution in [1.29, 1.82) is 0 Å². The predicted octanol–water partition coefficient (Wildman–Crippen LogP) is 2.79. The minimum Gasteiger partial charge on any atom is -0.437 e. The molecular weight excluding hydrogens is 514 g/mol. The Bertz CT molecular complexity index is 976. The third kappa shape index (κ3) is 8.05. The number of halogens is 1. The third-order valence-corrected chi connectivity index (χ3v) is 7.04. The predicted molar refractivity (Wildman–Crippen MR) is 143 cm³/mol. The van der Waals surface area contributed by atoms with Crippen molar-refractivity contribution in [3.8, 4) is 0 Å². The number of ether oxygens (including phenoxy) is 2. The number of nitrogens with zero attached hydrogens (tertiary/aromatic N) is 1. The van der Waals surface area contributed by atoms with Crippen LogP contribution in [0, 0.1) is 11.3 Å². The van der Waals surface area contributed by atoms with Crippen molar-refractivity contribution in [1.82, 2.24) is 15.5 Å². The fraction of sp³-hybridized carbons (Fsp3) is 0.667. The first-order valence-electron chi connectivity index (χ1n) is 12.8. The molecule has 1 aliphatic rings. The maximum absolute atomic E-state index is 13.6. The van der Waals surface area contributed by atoms with E-state index in [0.29, 0.717) is 24.5 Å². The normalized spacial score (nSPS) is 21.0. The van der Waals surface area contributed by atoms with Gasteiger partial charge in [-0.05, 0) is 50.8 Å². The average molecular weight is 556 g/mol. The van der Waals surface area contributed by atoms with E-state index in [0.717, 1.165) is 5.56 Å².